The molecule has 0 spiro atoms. The molecule has 58 valence electrons. The van der Waals surface area contributed by atoms with E-state index in [0.717, 1.165) is 19.4 Å². The summed E-state index contributed by atoms with van der Waals surface area (Å²) in [5.74, 6) is 0. The van der Waals surface area contributed by atoms with Gasteiger partial charge in [-0.25, -0.2) is 4.79 Å². The van der Waals surface area contributed by atoms with Crippen LogP contribution >= 0.6 is 0 Å². The first-order valence-corrected chi connectivity index (χ1v) is 3.33. The van der Waals surface area contributed by atoms with Crippen molar-refractivity contribution in [2.75, 3.05) is 13.2 Å². The Kier molecular flexibility index (Phi) is 2.50. The molecule has 4 heteroatoms. The Morgan fingerprint density at radius 3 is 3.00 bits per heavy atom. The summed E-state index contributed by atoms with van der Waals surface area (Å²) in [7, 11) is 0. The fourth-order valence-corrected chi connectivity index (χ4v) is 0.968. The summed E-state index contributed by atoms with van der Waals surface area (Å²) in [6, 6.07) is 0. The molecule has 1 unspecified atom stereocenters. The zero-order valence-electron chi connectivity index (χ0n) is 5.71. The van der Waals surface area contributed by atoms with Gasteiger partial charge < -0.3 is 15.2 Å². The van der Waals surface area contributed by atoms with Crippen LogP contribution in [0, 0.1) is 0 Å². The quantitative estimate of drug-likeness (QED) is 0.575. The van der Waals surface area contributed by atoms with E-state index < -0.39 is 6.09 Å². The minimum absolute atomic E-state index is 0.119. The molecule has 1 fully saturated rings. The summed E-state index contributed by atoms with van der Waals surface area (Å²) in [5.41, 5.74) is 4.81. The van der Waals surface area contributed by atoms with Crippen LogP contribution in [0.25, 0.3) is 0 Å². The zero-order chi connectivity index (χ0) is 7.40. The van der Waals surface area contributed by atoms with Gasteiger partial charge in [0.05, 0.1) is 6.61 Å². The van der Waals surface area contributed by atoms with Crippen LogP contribution in [0.4, 0.5) is 4.79 Å². The molecule has 0 aromatic rings. The van der Waals surface area contributed by atoms with E-state index in [1.54, 1.807) is 0 Å². The summed E-state index contributed by atoms with van der Waals surface area (Å²) in [6.45, 7) is 1.25. The van der Waals surface area contributed by atoms with Gasteiger partial charge in [0.25, 0.3) is 0 Å². The number of carbonyl (C=O) groups is 1. The SMILES string of the molecule is NC(=O)OC1CCCOC1. The number of rotatable bonds is 1. The van der Waals surface area contributed by atoms with E-state index in [1.165, 1.54) is 0 Å². The van der Waals surface area contributed by atoms with Gasteiger partial charge in [-0.15, -0.1) is 0 Å². The lowest BCUT2D eigenvalue weighted by molar-refractivity contribution is -0.0136. The van der Waals surface area contributed by atoms with E-state index in [2.05, 4.69) is 0 Å². The molecule has 1 heterocycles. The fraction of sp³-hybridized carbons (Fsp3) is 0.833. The van der Waals surface area contributed by atoms with Crippen LogP contribution in [0.15, 0.2) is 0 Å². The number of amides is 1. The monoisotopic (exact) mass is 145 g/mol. The van der Waals surface area contributed by atoms with Crippen molar-refractivity contribution in [1.82, 2.24) is 0 Å². The highest BCUT2D eigenvalue weighted by atomic mass is 16.6. The summed E-state index contributed by atoms with van der Waals surface area (Å²) < 4.78 is 9.76. The van der Waals surface area contributed by atoms with Gasteiger partial charge in [-0.3, -0.25) is 0 Å². The minimum atomic E-state index is -0.712. The molecule has 4 nitrogen and oxygen atoms in total. The first-order chi connectivity index (χ1) is 4.79. The maximum Gasteiger partial charge on any atom is 0.404 e. The van der Waals surface area contributed by atoms with Gasteiger partial charge in [-0.1, -0.05) is 0 Å². The Hall–Kier alpha value is -0.770. The van der Waals surface area contributed by atoms with E-state index >= 15 is 0 Å². The number of primary amides is 1. The lowest BCUT2D eigenvalue weighted by atomic mass is 10.2. The van der Waals surface area contributed by atoms with Gasteiger partial charge in [-0.05, 0) is 12.8 Å². The Bertz CT molecular complexity index is 120. The maximum absolute atomic E-state index is 10.2. The molecule has 1 atom stereocenters. The summed E-state index contributed by atoms with van der Waals surface area (Å²) in [5, 5.41) is 0. The number of hydrogen-bond acceptors (Lipinski definition) is 3. The van der Waals surface area contributed by atoms with Gasteiger partial charge >= 0.3 is 6.09 Å². The third-order valence-corrected chi connectivity index (χ3v) is 1.40. The van der Waals surface area contributed by atoms with Crippen LogP contribution in [0.2, 0.25) is 0 Å². The molecule has 0 aliphatic carbocycles. The molecule has 1 aliphatic rings. The average molecular weight is 145 g/mol. The average Bonchev–Trinajstić information content (AvgIpc) is 1.88. The van der Waals surface area contributed by atoms with E-state index in [4.69, 9.17) is 15.2 Å². The Balaban J connectivity index is 2.19. The molecule has 0 aromatic heterocycles. The normalized spacial score (nSPS) is 25.8. The summed E-state index contributed by atoms with van der Waals surface area (Å²) in [4.78, 5) is 10.2. The highest BCUT2D eigenvalue weighted by Crippen LogP contribution is 2.08. The summed E-state index contributed by atoms with van der Waals surface area (Å²) in [6.07, 6.45) is 0.975. The first-order valence-electron chi connectivity index (χ1n) is 3.33. The van der Waals surface area contributed by atoms with Crippen LogP contribution < -0.4 is 5.73 Å². The zero-order valence-corrected chi connectivity index (χ0v) is 5.71. The Labute approximate surface area is 59.3 Å². The second-order valence-corrected chi connectivity index (χ2v) is 2.28. The van der Waals surface area contributed by atoms with Crippen molar-refractivity contribution in [2.45, 2.75) is 18.9 Å². The highest BCUT2D eigenvalue weighted by molar-refractivity contribution is 5.64. The standard InChI is InChI=1S/C6H11NO3/c7-6(8)10-5-2-1-3-9-4-5/h5H,1-4H2,(H2,7,8). The molecule has 0 bridgehead atoms. The molecule has 1 saturated heterocycles. The molecule has 0 saturated carbocycles. The van der Waals surface area contributed by atoms with E-state index in [-0.39, 0.29) is 6.10 Å². The van der Waals surface area contributed by atoms with Crippen molar-refractivity contribution in [3.63, 3.8) is 0 Å². The third-order valence-electron chi connectivity index (χ3n) is 1.40. The third kappa shape index (κ3) is 2.23. The smallest absolute Gasteiger partial charge is 0.404 e. The predicted molar refractivity (Wildman–Crippen MR) is 34.5 cm³/mol. The van der Waals surface area contributed by atoms with Crippen LogP contribution in [0.1, 0.15) is 12.8 Å². The van der Waals surface area contributed by atoms with Crippen LogP contribution in [-0.2, 0) is 9.47 Å². The van der Waals surface area contributed by atoms with Crippen LogP contribution in [0.3, 0.4) is 0 Å². The van der Waals surface area contributed by atoms with Gasteiger partial charge in [0.15, 0.2) is 0 Å². The van der Waals surface area contributed by atoms with Crippen molar-refractivity contribution in [2.24, 2.45) is 5.73 Å². The van der Waals surface area contributed by atoms with Crippen LogP contribution in [-0.4, -0.2) is 25.4 Å². The topological polar surface area (TPSA) is 61.6 Å². The lowest BCUT2D eigenvalue weighted by Crippen LogP contribution is -2.30. The second-order valence-electron chi connectivity index (χ2n) is 2.28. The fourth-order valence-electron chi connectivity index (χ4n) is 0.968. The largest absolute Gasteiger partial charge is 0.444 e. The highest BCUT2D eigenvalue weighted by Gasteiger charge is 2.15. The number of hydrogen-bond donors (Lipinski definition) is 1. The molecule has 10 heavy (non-hydrogen) atoms. The molecule has 0 aromatic carbocycles. The van der Waals surface area contributed by atoms with Crippen LogP contribution in [0.5, 0.6) is 0 Å². The van der Waals surface area contributed by atoms with E-state index in [1.807, 2.05) is 0 Å². The molecular formula is C6H11NO3. The number of nitrogens with two attached hydrogens (primary N) is 1. The molecular weight excluding hydrogens is 134 g/mol. The Morgan fingerprint density at radius 2 is 2.50 bits per heavy atom. The van der Waals surface area contributed by atoms with Gasteiger partial charge in [0, 0.05) is 6.61 Å². The van der Waals surface area contributed by atoms with Crippen molar-refractivity contribution in [3.8, 4) is 0 Å². The van der Waals surface area contributed by atoms with Gasteiger partial charge in [0.2, 0.25) is 0 Å². The Morgan fingerprint density at radius 1 is 1.70 bits per heavy atom. The lowest BCUT2D eigenvalue weighted by Gasteiger charge is -2.20. The molecule has 1 amide bonds. The van der Waals surface area contributed by atoms with Crippen molar-refractivity contribution in [1.29, 1.82) is 0 Å². The molecule has 1 aliphatic heterocycles. The van der Waals surface area contributed by atoms with Gasteiger partial charge in [-0.2, -0.15) is 0 Å². The number of carbonyl (C=O) groups excluding carboxylic acids is 1. The number of ether oxygens (including phenoxy) is 2. The van der Waals surface area contributed by atoms with Crippen molar-refractivity contribution >= 4 is 6.09 Å². The predicted octanol–water partition coefficient (Wildman–Crippen LogP) is 0.261. The molecule has 1 rings (SSSR count). The first kappa shape index (κ1) is 7.34. The molecule has 2 N–H and O–H groups in total. The molecule has 0 radical (unpaired) electrons. The summed E-state index contributed by atoms with van der Waals surface area (Å²) >= 11 is 0. The second kappa shape index (κ2) is 3.41. The van der Waals surface area contributed by atoms with Crippen molar-refractivity contribution in [3.05, 3.63) is 0 Å². The minimum Gasteiger partial charge on any atom is -0.444 e. The van der Waals surface area contributed by atoms with E-state index in [0.29, 0.717) is 6.61 Å². The van der Waals surface area contributed by atoms with Gasteiger partial charge in [0.1, 0.15) is 6.10 Å². The maximum atomic E-state index is 10.2. The van der Waals surface area contributed by atoms with Crippen molar-refractivity contribution < 1.29 is 14.3 Å². The van der Waals surface area contributed by atoms with E-state index in [9.17, 15) is 4.79 Å².